The van der Waals surface area contributed by atoms with E-state index in [1.54, 1.807) is 0 Å². The Labute approximate surface area is 113 Å². The molecule has 0 aromatic heterocycles. The molecule has 0 atom stereocenters. The summed E-state index contributed by atoms with van der Waals surface area (Å²) in [5.41, 5.74) is 10.4. The third kappa shape index (κ3) is 2.48. The monoisotopic (exact) mass is 254 g/mol. The Hall–Kier alpha value is -1.84. The minimum absolute atomic E-state index is 0.561. The van der Waals surface area contributed by atoms with Gasteiger partial charge < -0.3 is 15.8 Å². The van der Waals surface area contributed by atoms with Gasteiger partial charge in [0.2, 0.25) is 0 Å². The second-order valence-electron chi connectivity index (χ2n) is 4.72. The number of rotatable bonds is 2. The van der Waals surface area contributed by atoms with E-state index in [0.717, 1.165) is 30.0 Å². The highest BCUT2D eigenvalue weighted by Gasteiger charge is 2.14. The van der Waals surface area contributed by atoms with Crippen LogP contribution in [0.15, 0.2) is 42.5 Å². The lowest BCUT2D eigenvalue weighted by Crippen LogP contribution is -2.16. The van der Waals surface area contributed by atoms with Crippen LogP contribution in [0.1, 0.15) is 11.1 Å². The molecule has 3 nitrogen and oxygen atoms in total. The third-order valence-electron chi connectivity index (χ3n) is 3.41. The summed E-state index contributed by atoms with van der Waals surface area (Å²) in [6, 6.07) is 14.6. The van der Waals surface area contributed by atoms with E-state index in [4.69, 9.17) is 10.5 Å². The lowest BCUT2D eigenvalue weighted by atomic mass is 9.99. The zero-order chi connectivity index (χ0) is 13.1. The van der Waals surface area contributed by atoms with E-state index < -0.39 is 0 Å². The first-order chi connectivity index (χ1) is 9.38. The standard InChI is InChI=1S/C16H18N2O/c17-10-12-3-1-4-13(9-12)15-6-2-5-14-11-18-7-8-19-16(14)15/h1-6,9,18H,7-8,10-11,17H2. The molecule has 2 aromatic carbocycles. The van der Waals surface area contributed by atoms with Gasteiger partial charge in [-0.05, 0) is 17.2 Å². The van der Waals surface area contributed by atoms with Crippen molar-refractivity contribution >= 4 is 0 Å². The van der Waals surface area contributed by atoms with Gasteiger partial charge in [0, 0.05) is 30.8 Å². The molecule has 0 fully saturated rings. The fourth-order valence-electron chi connectivity index (χ4n) is 2.44. The van der Waals surface area contributed by atoms with Crippen molar-refractivity contribution in [3.05, 3.63) is 53.6 Å². The molecule has 1 heterocycles. The second kappa shape index (κ2) is 5.43. The van der Waals surface area contributed by atoms with Crippen LogP contribution < -0.4 is 15.8 Å². The minimum Gasteiger partial charge on any atom is -0.491 e. The van der Waals surface area contributed by atoms with Gasteiger partial charge in [-0.15, -0.1) is 0 Å². The summed E-state index contributed by atoms with van der Waals surface area (Å²) in [5, 5.41) is 3.36. The molecule has 0 bridgehead atoms. The summed E-state index contributed by atoms with van der Waals surface area (Å²) in [7, 11) is 0. The van der Waals surface area contributed by atoms with Crippen LogP contribution in [-0.2, 0) is 13.1 Å². The van der Waals surface area contributed by atoms with Crippen molar-refractivity contribution in [2.24, 2.45) is 5.73 Å². The van der Waals surface area contributed by atoms with E-state index in [1.165, 1.54) is 11.1 Å². The zero-order valence-corrected chi connectivity index (χ0v) is 10.9. The third-order valence-corrected chi connectivity index (χ3v) is 3.41. The molecule has 19 heavy (non-hydrogen) atoms. The van der Waals surface area contributed by atoms with Gasteiger partial charge in [-0.25, -0.2) is 0 Å². The number of hydrogen-bond donors (Lipinski definition) is 2. The van der Waals surface area contributed by atoms with E-state index in [0.29, 0.717) is 13.2 Å². The molecule has 2 aromatic rings. The van der Waals surface area contributed by atoms with Gasteiger partial charge in [0.25, 0.3) is 0 Å². The minimum atomic E-state index is 0.561. The molecule has 0 saturated heterocycles. The fraction of sp³-hybridized carbons (Fsp3) is 0.250. The molecule has 3 rings (SSSR count). The Morgan fingerprint density at radius 3 is 2.95 bits per heavy atom. The number of nitrogens with two attached hydrogens (primary N) is 1. The van der Waals surface area contributed by atoms with Gasteiger partial charge in [-0.3, -0.25) is 0 Å². The van der Waals surface area contributed by atoms with E-state index in [9.17, 15) is 0 Å². The molecule has 0 aliphatic carbocycles. The van der Waals surface area contributed by atoms with Crippen LogP contribution in [0.25, 0.3) is 11.1 Å². The van der Waals surface area contributed by atoms with Crippen molar-refractivity contribution < 1.29 is 4.74 Å². The Balaban J connectivity index is 2.09. The predicted octanol–water partition coefficient (Wildman–Crippen LogP) is 2.29. The molecule has 0 spiro atoms. The van der Waals surface area contributed by atoms with Gasteiger partial charge in [-0.1, -0.05) is 36.4 Å². The highest BCUT2D eigenvalue weighted by Crippen LogP contribution is 2.34. The van der Waals surface area contributed by atoms with Crippen LogP contribution >= 0.6 is 0 Å². The Morgan fingerprint density at radius 1 is 1.16 bits per heavy atom. The van der Waals surface area contributed by atoms with Crippen LogP contribution in [0.5, 0.6) is 5.75 Å². The number of hydrogen-bond acceptors (Lipinski definition) is 3. The van der Waals surface area contributed by atoms with Crippen molar-refractivity contribution in [2.45, 2.75) is 13.1 Å². The number of fused-ring (bicyclic) bond motifs is 1. The van der Waals surface area contributed by atoms with E-state index in [2.05, 4.69) is 35.6 Å². The van der Waals surface area contributed by atoms with E-state index in [-0.39, 0.29) is 0 Å². The van der Waals surface area contributed by atoms with Crippen molar-refractivity contribution in [3.8, 4) is 16.9 Å². The van der Waals surface area contributed by atoms with Crippen molar-refractivity contribution in [1.82, 2.24) is 5.32 Å². The summed E-state index contributed by atoms with van der Waals surface area (Å²) in [4.78, 5) is 0. The maximum Gasteiger partial charge on any atom is 0.131 e. The average Bonchev–Trinajstić information content (AvgIpc) is 2.72. The molecule has 3 N–H and O–H groups in total. The lowest BCUT2D eigenvalue weighted by Gasteiger charge is -2.13. The first kappa shape index (κ1) is 12.2. The van der Waals surface area contributed by atoms with Crippen LogP contribution in [0.4, 0.5) is 0 Å². The zero-order valence-electron chi connectivity index (χ0n) is 10.9. The van der Waals surface area contributed by atoms with Gasteiger partial charge in [0.05, 0.1) is 0 Å². The van der Waals surface area contributed by atoms with Gasteiger partial charge in [0.15, 0.2) is 0 Å². The highest BCUT2D eigenvalue weighted by molar-refractivity contribution is 5.72. The number of nitrogens with one attached hydrogen (secondary N) is 1. The maximum absolute atomic E-state index is 5.91. The lowest BCUT2D eigenvalue weighted by molar-refractivity contribution is 0.327. The molecule has 0 radical (unpaired) electrons. The van der Waals surface area contributed by atoms with Gasteiger partial charge in [-0.2, -0.15) is 0 Å². The summed E-state index contributed by atoms with van der Waals surface area (Å²) in [6.07, 6.45) is 0. The molecule has 1 aliphatic heterocycles. The molecular weight excluding hydrogens is 236 g/mol. The van der Waals surface area contributed by atoms with Crippen LogP contribution in [0.3, 0.4) is 0 Å². The quantitative estimate of drug-likeness (QED) is 0.864. The summed E-state index contributed by atoms with van der Waals surface area (Å²) in [6.45, 7) is 3.02. The smallest absolute Gasteiger partial charge is 0.131 e. The molecule has 0 unspecified atom stereocenters. The van der Waals surface area contributed by atoms with E-state index >= 15 is 0 Å². The van der Waals surface area contributed by atoms with Crippen LogP contribution in [0.2, 0.25) is 0 Å². The molecule has 0 saturated carbocycles. The predicted molar refractivity (Wildman–Crippen MR) is 77.0 cm³/mol. The fourth-order valence-corrected chi connectivity index (χ4v) is 2.44. The second-order valence-corrected chi connectivity index (χ2v) is 4.72. The summed E-state index contributed by atoms with van der Waals surface area (Å²) < 4.78 is 5.91. The van der Waals surface area contributed by atoms with Crippen LogP contribution in [-0.4, -0.2) is 13.2 Å². The van der Waals surface area contributed by atoms with Gasteiger partial charge >= 0.3 is 0 Å². The first-order valence-corrected chi connectivity index (χ1v) is 6.63. The van der Waals surface area contributed by atoms with Gasteiger partial charge in [0.1, 0.15) is 12.4 Å². The Bertz CT molecular complexity index is 581. The SMILES string of the molecule is NCc1cccc(-c2cccc3c2OCCNC3)c1. The topological polar surface area (TPSA) is 47.3 Å². The molecule has 0 amide bonds. The first-order valence-electron chi connectivity index (χ1n) is 6.63. The van der Waals surface area contributed by atoms with Crippen molar-refractivity contribution in [3.63, 3.8) is 0 Å². The maximum atomic E-state index is 5.91. The number of benzene rings is 2. The number of para-hydroxylation sites is 1. The Morgan fingerprint density at radius 2 is 2.05 bits per heavy atom. The molecular formula is C16H18N2O. The molecule has 98 valence electrons. The van der Waals surface area contributed by atoms with Crippen molar-refractivity contribution in [1.29, 1.82) is 0 Å². The van der Waals surface area contributed by atoms with Crippen LogP contribution in [0, 0.1) is 0 Å². The Kier molecular flexibility index (Phi) is 3.49. The summed E-state index contributed by atoms with van der Waals surface area (Å²) in [5.74, 6) is 1.00. The largest absolute Gasteiger partial charge is 0.491 e. The van der Waals surface area contributed by atoms with E-state index in [1.807, 2.05) is 12.1 Å². The molecule has 1 aliphatic rings. The average molecular weight is 254 g/mol. The number of ether oxygens (including phenoxy) is 1. The normalized spacial score (nSPS) is 14.4. The molecule has 3 heteroatoms. The van der Waals surface area contributed by atoms with Crippen molar-refractivity contribution in [2.75, 3.05) is 13.2 Å². The summed E-state index contributed by atoms with van der Waals surface area (Å²) >= 11 is 0. The highest BCUT2D eigenvalue weighted by atomic mass is 16.5.